The fraction of sp³-hybridized carbons (Fsp3) is 0.846. The summed E-state index contributed by atoms with van der Waals surface area (Å²) in [4.78, 5) is 2.59. The lowest BCUT2D eigenvalue weighted by atomic mass is 9.96. The number of nitrogens with zero attached hydrogens (tertiary/aromatic N) is 1. The lowest BCUT2D eigenvalue weighted by molar-refractivity contribution is 0.0773. The number of piperazine rings is 1. The maximum atomic E-state index is 3.61. The third-order valence-electron chi connectivity index (χ3n) is 3.33. The first kappa shape index (κ1) is 12.7. The average Bonchev–Trinajstić information content (AvgIpc) is 2.15. The van der Waals surface area contributed by atoms with Crippen molar-refractivity contribution in [1.82, 2.24) is 10.2 Å². The van der Waals surface area contributed by atoms with Crippen LogP contribution in [-0.2, 0) is 0 Å². The standard InChI is InChI=1S/C13H26N2/c1-6-12-9-15(8-7-11(2)3)13(4,5)10-14-12/h7,12,14H,6,8-10H2,1-5H3. The van der Waals surface area contributed by atoms with E-state index in [0.717, 1.165) is 13.1 Å². The highest BCUT2D eigenvalue weighted by atomic mass is 15.3. The minimum atomic E-state index is 0.289. The molecular weight excluding hydrogens is 184 g/mol. The molecule has 0 aromatic heterocycles. The van der Waals surface area contributed by atoms with Gasteiger partial charge in [0.25, 0.3) is 0 Å². The largest absolute Gasteiger partial charge is 0.311 e. The van der Waals surface area contributed by atoms with Crippen molar-refractivity contribution in [2.45, 2.75) is 52.6 Å². The second-order valence-corrected chi connectivity index (χ2v) is 5.48. The predicted octanol–water partition coefficient (Wildman–Crippen LogP) is 2.42. The van der Waals surface area contributed by atoms with Gasteiger partial charge in [0.05, 0.1) is 0 Å². The number of hydrogen-bond donors (Lipinski definition) is 1. The normalized spacial score (nSPS) is 26.3. The lowest BCUT2D eigenvalue weighted by Crippen LogP contribution is -2.61. The maximum Gasteiger partial charge on any atom is 0.0281 e. The van der Waals surface area contributed by atoms with Gasteiger partial charge in [-0.15, -0.1) is 0 Å². The van der Waals surface area contributed by atoms with E-state index < -0.39 is 0 Å². The molecule has 1 fully saturated rings. The molecular formula is C13H26N2. The predicted molar refractivity (Wildman–Crippen MR) is 67.2 cm³/mol. The molecule has 1 aliphatic heterocycles. The molecule has 1 rings (SSSR count). The molecule has 1 heterocycles. The number of allylic oxidation sites excluding steroid dienone is 1. The highest BCUT2D eigenvalue weighted by Gasteiger charge is 2.32. The minimum Gasteiger partial charge on any atom is -0.311 e. The van der Waals surface area contributed by atoms with Crippen LogP contribution in [-0.4, -0.2) is 36.1 Å². The Balaban J connectivity index is 2.60. The molecule has 15 heavy (non-hydrogen) atoms. The Labute approximate surface area is 94.7 Å². The molecule has 2 nitrogen and oxygen atoms in total. The maximum absolute atomic E-state index is 3.61. The Hall–Kier alpha value is -0.340. The Kier molecular flexibility index (Phi) is 4.35. The van der Waals surface area contributed by atoms with E-state index in [2.05, 4.69) is 50.9 Å². The molecule has 0 bridgehead atoms. The van der Waals surface area contributed by atoms with E-state index in [-0.39, 0.29) is 5.54 Å². The van der Waals surface area contributed by atoms with Gasteiger partial charge in [0, 0.05) is 31.2 Å². The van der Waals surface area contributed by atoms with Gasteiger partial charge < -0.3 is 5.32 Å². The molecule has 1 unspecified atom stereocenters. The third kappa shape index (κ3) is 3.62. The third-order valence-corrected chi connectivity index (χ3v) is 3.33. The first-order chi connectivity index (χ1) is 6.95. The second-order valence-electron chi connectivity index (χ2n) is 5.48. The van der Waals surface area contributed by atoms with Crippen molar-refractivity contribution in [1.29, 1.82) is 0 Å². The van der Waals surface area contributed by atoms with Crippen LogP contribution < -0.4 is 5.32 Å². The molecule has 0 spiro atoms. The van der Waals surface area contributed by atoms with Crippen LogP contribution in [0.3, 0.4) is 0 Å². The highest BCUT2D eigenvalue weighted by molar-refractivity contribution is 5.00. The van der Waals surface area contributed by atoms with Crippen molar-refractivity contribution in [2.24, 2.45) is 0 Å². The van der Waals surface area contributed by atoms with Gasteiger partial charge in [-0.05, 0) is 34.1 Å². The topological polar surface area (TPSA) is 15.3 Å². The van der Waals surface area contributed by atoms with E-state index in [0.29, 0.717) is 6.04 Å². The summed E-state index contributed by atoms with van der Waals surface area (Å²) in [6, 6.07) is 0.670. The fourth-order valence-electron chi connectivity index (χ4n) is 1.97. The molecule has 0 aliphatic carbocycles. The smallest absolute Gasteiger partial charge is 0.0281 e. The molecule has 88 valence electrons. The first-order valence-electron chi connectivity index (χ1n) is 6.07. The zero-order valence-electron chi connectivity index (χ0n) is 10.9. The molecule has 0 radical (unpaired) electrons. The first-order valence-corrected chi connectivity index (χ1v) is 6.07. The molecule has 0 amide bonds. The second kappa shape index (κ2) is 5.13. The Morgan fingerprint density at radius 2 is 2.13 bits per heavy atom. The van der Waals surface area contributed by atoms with Gasteiger partial charge in [0.2, 0.25) is 0 Å². The van der Waals surface area contributed by atoms with Crippen LogP contribution in [0.25, 0.3) is 0 Å². The number of hydrogen-bond acceptors (Lipinski definition) is 2. The summed E-state index contributed by atoms with van der Waals surface area (Å²) in [5.74, 6) is 0. The van der Waals surface area contributed by atoms with E-state index in [1.807, 2.05) is 0 Å². The quantitative estimate of drug-likeness (QED) is 0.720. The zero-order chi connectivity index (χ0) is 11.5. The highest BCUT2D eigenvalue weighted by Crippen LogP contribution is 2.19. The fourth-order valence-corrected chi connectivity index (χ4v) is 1.97. The van der Waals surface area contributed by atoms with Crippen LogP contribution in [0.1, 0.15) is 41.0 Å². The average molecular weight is 210 g/mol. The van der Waals surface area contributed by atoms with Crippen LogP contribution in [0.5, 0.6) is 0 Å². The van der Waals surface area contributed by atoms with Gasteiger partial charge in [-0.25, -0.2) is 0 Å². The van der Waals surface area contributed by atoms with Crippen molar-refractivity contribution in [3.05, 3.63) is 11.6 Å². The Morgan fingerprint density at radius 3 is 2.67 bits per heavy atom. The van der Waals surface area contributed by atoms with Crippen LogP contribution in [0.15, 0.2) is 11.6 Å². The minimum absolute atomic E-state index is 0.289. The van der Waals surface area contributed by atoms with E-state index in [4.69, 9.17) is 0 Å². The molecule has 1 saturated heterocycles. The van der Waals surface area contributed by atoms with Crippen molar-refractivity contribution in [3.63, 3.8) is 0 Å². The van der Waals surface area contributed by atoms with E-state index in [1.165, 1.54) is 18.5 Å². The van der Waals surface area contributed by atoms with Gasteiger partial charge >= 0.3 is 0 Å². The van der Waals surface area contributed by atoms with Crippen LogP contribution in [0, 0.1) is 0 Å². The molecule has 0 aromatic carbocycles. The monoisotopic (exact) mass is 210 g/mol. The van der Waals surface area contributed by atoms with Gasteiger partial charge in [-0.1, -0.05) is 18.6 Å². The summed E-state index contributed by atoms with van der Waals surface area (Å²) in [7, 11) is 0. The Bertz CT molecular complexity index is 227. The molecule has 1 N–H and O–H groups in total. The van der Waals surface area contributed by atoms with Gasteiger partial charge in [-0.2, -0.15) is 0 Å². The van der Waals surface area contributed by atoms with Crippen molar-refractivity contribution in [3.8, 4) is 0 Å². The molecule has 2 heteroatoms. The SMILES string of the molecule is CCC1CN(CC=C(C)C)C(C)(C)CN1. The molecule has 1 aliphatic rings. The summed E-state index contributed by atoms with van der Waals surface area (Å²) in [5, 5.41) is 3.61. The van der Waals surface area contributed by atoms with Crippen molar-refractivity contribution in [2.75, 3.05) is 19.6 Å². The van der Waals surface area contributed by atoms with Crippen LogP contribution in [0.4, 0.5) is 0 Å². The van der Waals surface area contributed by atoms with Crippen LogP contribution >= 0.6 is 0 Å². The van der Waals surface area contributed by atoms with Crippen molar-refractivity contribution < 1.29 is 0 Å². The molecule has 0 saturated carbocycles. The summed E-state index contributed by atoms with van der Waals surface area (Å²) in [5.41, 5.74) is 1.70. The molecule has 1 atom stereocenters. The van der Waals surface area contributed by atoms with Crippen molar-refractivity contribution >= 4 is 0 Å². The summed E-state index contributed by atoms with van der Waals surface area (Å²) >= 11 is 0. The van der Waals surface area contributed by atoms with E-state index in [9.17, 15) is 0 Å². The summed E-state index contributed by atoms with van der Waals surface area (Å²) in [6.45, 7) is 14.6. The van der Waals surface area contributed by atoms with Gasteiger partial charge in [-0.3, -0.25) is 4.90 Å². The van der Waals surface area contributed by atoms with Gasteiger partial charge in [0.15, 0.2) is 0 Å². The zero-order valence-corrected chi connectivity index (χ0v) is 10.9. The Morgan fingerprint density at radius 1 is 1.47 bits per heavy atom. The van der Waals surface area contributed by atoms with Gasteiger partial charge in [0.1, 0.15) is 0 Å². The summed E-state index contributed by atoms with van der Waals surface area (Å²) < 4.78 is 0. The summed E-state index contributed by atoms with van der Waals surface area (Å²) in [6.07, 6.45) is 3.56. The van der Waals surface area contributed by atoms with E-state index in [1.54, 1.807) is 0 Å². The number of nitrogens with one attached hydrogen (secondary N) is 1. The van der Waals surface area contributed by atoms with E-state index >= 15 is 0 Å². The van der Waals surface area contributed by atoms with Crippen LogP contribution in [0.2, 0.25) is 0 Å². The number of rotatable bonds is 3. The lowest BCUT2D eigenvalue weighted by Gasteiger charge is -2.45. The molecule has 0 aromatic rings.